The molecule has 0 unspecified atom stereocenters. The summed E-state index contributed by atoms with van der Waals surface area (Å²) in [6, 6.07) is 0. The molecule has 10 heavy (non-hydrogen) atoms. The first-order chi connectivity index (χ1) is 4.66. The van der Waals surface area contributed by atoms with Crippen LogP contribution in [-0.2, 0) is 4.79 Å². The second kappa shape index (κ2) is 2.14. The molecule has 0 aromatic carbocycles. The molecule has 0 aliphatic carbocycles. The lowest BCUT2D eigenvalue weighted by Gasteiger charge is -2.10. The molecule has 1 aliphatic rings. The van der Waals surface area contributed by atoms with Gasteiger partial charge in [0.25, 0.3) is 5.91 Å². The van der Waals surface area contributed by atoms with Gasteiger partial charge in [0.2, 0.25) is 5.96 Å². The van der Waals surface area contributed by atoms with Crippen LogP contribution >= 0.6 is 0 Å². The van der Waals surface area contributed by atoms with Crippen LogP contribution in [-0.4, -0.2) is 35.4 Å². The highest BCUT2D eigenvalue weighted by atomic mass is 16.2. The molecule has 0 aromatic heterocycles. The van der Waals surface area contributed by atoms with Crippen molar-refractivity contribution < 1.29 is 4.79 Å². The number of nitrogens with zero attached hydrogens (tertiary/aromatic N) is 3. The van der Waals surface area contributed by atoms with Crippen molar-refractivity contribution in [3.05, 3.63) is 0 Å². The third-order valence-electron chi connectivity index (χ3n) is 1.31. The largest absolute Gasteiger partial charge is 0.334 e. The summed E-state index contributed by atoms with van der Waals surface area (Å²) in [5.41, 5.74) is 0. The molecule has 1 fully saturated rings. The van der Waals surface area contributed by atoms with Crippen LogP contribution in [0.1, 0.15) is 0 Å². The molecule has 1 saturated heterocycles. The molecule has 1 rings (SSSR count). The molecule has 4 N–H and O–H groups in total. The van der Waals surface area contributed by atoms with E-state index in [1.54, 1.807) is 11.9 Å². The second-order valence-corrected chi connectivity index (χ2v) is 2.05. The highest BCUT2D eigenvalue weighted by molar-refractivity contribution is 6.03. The highest BCUT2D eigenvalue weighted by Gasteiger charge is 2.28. The number of hydrazine groups is 1. The smallest absolute Gasteiger partial charge is 0.263 e. The fourth-order valence-corrected chi connectivity index (χ4v) is 0.806. The molecule has 0 atom stereocenters. The van der Waals surface area contributed by atoms with Crippen LogP contribution in [0.4, 0.5) is 0 Å². The van der Waals surface area contributed by atoms with E-state index < -0.39 is 0 Å². The first-order valence-electron chi connectivity index (χ1n) is 2.73. The maximum atomic E-state index is 10.8. The van der Waals surface area contributed by atoms with Gasteiger partial charge < -0.3 is 10.7 Å². The molecule has 56 valence electrons. The highest BCUT2D eigenvalue weighted by Crippen LogP contribution is 2.00. The molecule has 0 bridgehead atoms. The summed E-state index contributed by atoms with van der Waals surface area (Å²) in [7, 11) is 1.69. The molecule has 0 spiro atoms. The van der Waals surface area contributed by atoms with Gasteiger partial charge in [-0.15, -0.1) is 5.10 Å². The van der Waals surface area contributed by atoms with Crippen LogP contribution in [0.2, 0.25) is 0 Å². The van der Waals surface area contributed by atoms with Crippen LogP contribution < -0.4 is 11.7 Å². The molecule has 1 heterocycles. The van der Waals surface area contributed by atoms with Crippen molar-refractivity contribution >= 4 is 11.9 Å². The summed E-state index contributed by atoms with van der Waals surface area (Å²) in [6.07, 6.45) is 0. The Labute approximate surface area is 58.0 Å². The van der Waals surface area contributed by atoms with Gasteiger partial charge in [-0.1, -0.05) is 0 Å². The van der Waals surface area contributed by atoms with Gasteiger partial charge in [0.15, 0.2) is 0 Å². The van der Waals surface area contributed by atoms with E-state index in [-0.39, 0.29) is 12.5 Å². The minimum absolute atomic E-state index is 0.202. The molecule has 0 saturated carbocycles. The molecule has 6 nitrogen and oxygen atoms in total. The zero-order valence-electron chi connectivity index (χ0n) is 5.61. The SMILES string of the molecule is CN1CC(=O)N(N)/C1=N\N. The van der Waals surface area contributed by atoms with E-state index >= 15 is 0 Å². The Morgan fingerprint density at radius 3 is 2.50 bits per heavy atom. The second-order valence-electron chi connectivity index (χ2n) is 2.05. The topological polar surface area (TPSA) is 88.0 Å². The number of likely N-dealkylation sites (N-methyl/N-ethyl adjacent to an activating group) is 1. The first-order valence-corrected chi connectivity index (χ1v) is 2.73. The lowest BCUT2D eigenvalue weighted by molar-refractivity contribution is -0.125. The average Bonchev–Trinajstić information content (AvgIpc) is 2.09. The van der Waals surface area contributed by atoms with Crippen molar-refractivity contribution in [1.82, 2.24) is 9.91 Å². The number of hydrazone groups is 1. The Bertz CT molecular complexity index is 188. The summed E-state index contributed by atoms with van der Waals surface area (Å²) in [4.78, 5) is 12.3. The van der Waals surface area contributed by atoms with Gasteiger partial charge in [-0.05, 0) is 0 Å². The predicted octanol–water partition coefficient (Wildman–Crippen LogP) is -2.14. The maximum Gasteiger partial charge on any atom is 0.263 e. The lowest BCUT2D eigenvalue weighted by Crippen LogP contribution is -2.39. The van der Waals surface area contributed by atoms with E-state index in [0.717, 1.165) is 5.01 Å². The van der Waals surface area contributed by atoms with Crippen molar-refractivity contribution in [3.63, 3.8) is 0 Å². The Balaban J connectivity index is 2.84. The molecule has 0 radical (unpaired) electrons. The number of hydrogen-bond donors (Lipinski definition) is 2. The van der Waals surface area contributed by atoms with E-state index in [0.29, 0.717) is 5.96 Å². The fraction of sp³-hybridized carbons (Fsp3) is 0.500. The van der Waals surface area contributed by atoms with E-state index in [2.05, 4.69) is 5.10 Å². The Morgan fingerprint density at radius 2 is 2.30 bits per heavy atom. The van der Waals surface area contributed by atoms with Gasteiger partial charge in [0.1, 0.15) is 6.54 Å². The summed E-state index contributed by atoms with van der Waals surface area (Å²) in [5.74, 6) is 10.3. The maximum absolute atomic E-state index is 10.8. The third kappa shape index (κ3) is 0.781. The zero-order valence-corrected chi connectivity index (χ0v) is 5.61. The fourth-order valence-electron chi connectivity index (χ4n) is 0.806. The molecule has 0 aromatic rings. The summed E-state index contributed by atoms with van der Waals surface area (Å²) in [6.45, 7) is 0.243. The van der Waals surface area contributed by atoms with Crippen LogP contribution in [0.15, 0.2) is 5.10 Å². The normalized spacial score (nSPS) is 23.0. The van der Waals surface area contributed by atoms with Gasteiger partial charge >= 0.3 is 0 Å². The Morgan fingerprint density at radius 1 is 1.70 bits per heavy atom. The van der Waals surface area contributed by atoms with E-state index in [1.165, 1.54) is 0 Å². The number of carbonyl (C=O) groups is 1. The first kappa shape index (κ1) is 6.81. The van der Waals surface area contributed by atoms with Crippen molar-refractivity contribution in [1.29, 1.82) is 0 Å². The van der Waals surface area contributed by atoms with E-state index in [1.807, 2.05) is 0 Å². The number of hydrogen-bond acceptors (Lipinski definition) is 4. The summed E-state index contributed by atoms with van der Waals surface area (Å²) < 4.78 is 0. The van der Waals surface area contributed by atoms with Gasteiger partial charge in [-0.2, -0.15) is 0 Å². The lowest BCUT2D eigenvalue weighted by atomic mass is 10.6. The molecule has 1 aliphatic heterocycles. The van der Waals surface area contributed by atoms with Gasteiger partial charge in [-0.25, -0.2) is 10.9 Å². The summed E-state index contributed by atoms with van der Waals surface area (Å²) in [5, 5.41) is 4.25. The zero-order chi connectivity index (χ0) is 7.72. The van der Waals surface area contributed by atoms with Gasteiger partial charge in [-0.3, -0.25) is 4.79 Å². The van der Waals surface area contributed by atoms with Crippen LogP contribution in [0.5, 0.6) is 0 Å². The van der Waals surface area contributed by atoms with Crippen LogP contribution in [0.25, 0.3) is 0 Å². The average molecular weight is 143 g/mol. The Hall–Kier alpha value is -1.30. The number of rotatable bonds is 0. The number of amides is 1. The number of guanidine groups is 1. The Kier molecular flexibility index (Phi) is 1.46. The minimum atomic E-state index is -0.202. The quantitative estimate of drug-likeness (QED) is 0.230. The monoisotopic (exact) mass is 143 g/mol. The molecule has 6 heteroatoms. The molecule has 1 amide bonds. The van der Waals surface area contributed by atoms with E-state index in [9.17, 15) is 4.79 Å². The minimum Gasteiger partial charge on any atom is -0.334 e. The number of carbonyl (C=O) groups excluding carboxylic acids is 1. The standard InChI is InChI=1S/C4H9N5O/c1-8-2-3(10)9(6)4(8)7-5/h2,5-6H2,1H3/b7-4-. The van der Waals surface area contributed by atoms with Crippen LogP contribution in [0.3, 0.4) is 0 Å². The van der Waals surface area contributed by atoms with Crippen LogP contribution in [0, 0.1) is 0 Å². The third-order valence-corrected chi connectivity index (χ3v) is 1.31. The van der Waals surface area contributed by atoms with Gasteiger partial charge in [0, 0.05) is 7.05 Å². The van der Waals surface area contributed by atoms with Crippen molar-refractivity contribution in [2.45, 2.75) is 0 Å². The summed E-state index contributed by atoms with van der Waals surface area (Å²) >= 11 is 0. The van der Waals surface area contributed by atoms with Crippen molar-refractivity contribution in [2.24, 2.45) is 16.8 Å². The van der Waals surface area contributed by atoms with Crippen molar-refractivity contribution in [2.75, 3.05) is 13.6 Å². The molecular weight excluding hydrogens is 134 g/mol. The molecular formula is C4H9N5O. The predicted molar refractivity (Wildman–Crippen MR) is 35.3 cm³/mol. The number of nitrogens with two attached hydrogens (primary N) is 2. The van der Waals surface area contributed by atoms with Gasteiger partial charge in [0.05, 0.1) is 0 Å². The van der Waals surface area contributed by atoms with E-state index in [4.69, 9.17) is 11.7 Å². The van der Waals surface area contributed by atoms with Crippen molar-refractivity contribution in [3.8, 4) is 0 Å².